The molecule has 770 valence electrons. The first-order valence-corrected chi connectivity index (χ1v) is 42.3. The van der Waals surface area contributed by atoms with E-state index in [1.54, 1.807) is 12.1 Å². The van der Waals surface area contributed by atoms with Crippen LogP contribution in [0.3, 0.4) is 0 Å². The highest BCUT2D eigenvalue weighted by atomic mass is 31.2. The van der Waals surface area contributed by atoms with Crippen molar-refractivity contribution in [2.24, 2.45) is 0 Å². The second kappa shape index (κ2) is 87.6. The lowest BCUT2D eigenvalue weighted by molar-refractivity contribution is -0.909. The number of alkyl carbamates (subject to hydrolysis) is 1. The van der Waals surface area contributed by atoms with Crippen LogP contribution in [0.5, 0.6) is 0 Å². The molecule has 2 heterocycles. The van der Waals surface area contributed by atoms with E-state index in [0.29, 0.717) is 37.6 Å². The van der Waals surface area contributed by atoms with Gasteiger partial charge in [0.1, 0.15) is 32.1 Å². The zero-order valence-electron chi connectivity index (χ0n) is 71.9. The molecule has 3 rings (SSSR count). The Kier molecular flexibility index (Phi) is 78.4. The van der Waals surface area contributed by atoms with Crippen molar-refractivity contribution in [1.82, 2.24) is 35.9 Å². The summed E-state index contributed by atoms with van der Waals surface area (Å²) in [5, 5.41) is 169. The Morgan fingerprint density at radius 2 is 0.851 bits per heavy atom. The summed E-state index contributed by atoms with van der Waals surface area (Å²) in [4.78, 5) is 120. The number of hydrogen-bond donors (Lipinski definition) is 7. The number of hydrogen-bond acceptors (Lipinski definition) is 61. The molecule has 0 bridgehead atoms. The number of anilines is 1. The molecular weight excluding hydrogens is 1880 g/mol. The molecule has 1 aromatic carbocycles. The number of rotatable bonds is 99. The van der Waals surface area contributed by atoms with Crippen LogP contribution in [0.2, 0.25) is 0 Å². The molecule has 3 aromatic rings. The van der Waals surface area contributed by atoms with Gasteiger partial charge < -0.3 is 50.8 Å². The number of phosphoric ester groups is 1. The fourth-order valence-electron chi connectivity index (χ4n) is 10.4. The molecule has 3 amide bonds. The van der Waals surface area contributed by atoms with Crippen molar-refractivity contribution < 1.29 is 288 Å². The van der Waals surface area contributed by atoms with E-state index < -0.39 is 94.4 Å². The summed E-state index contributed by atoms with van der Waals surface area (Å²) < 4.78 is 38.5. The molecule has 0 saturated carbocycles. The highest BCUT2D eigenvalue weighted by molar-refractivity contribution is 7.47. The van der Waals surface area contributed by atoms with Crippen molar-refractivity contribution >= 4 is 60.8 Å². The third-order valence-corrected chi connectivity index (χ3v) is 17.4. The van der Waals surface area contributed by atoms with Gasteiger partial charge in [0, 0.05) is 209 Å². The number of aryl methyl sites for hydroxylation is 2. The van der Waals surface area contributed by atoms with E-state index in [1.165, 1.54) is 147 Å². The fourth-order valence-corrected chi connectivity index (χ4v) is 11.1. The molecule has 0 aliphatic carbocycles. The number of carboxylic acid groups (broad SMARTS) is 1. The Hall–Kier alpha value is -8.21. The van der Waals surface area contributed by atoms with Crippen LogP contribution in [0.25, 0.3) is 11.2 Å². The van der Waals surface area contributed by atoms with Crippen molar-refractivity contribution in [1.29, 1.82) is 0 Å². The number of carbonyl (C=O) groups is 6. The van der Waals surface area contributed by atoms with Crippen LogP contribution in [0.4, 0.5) is 10.7 Å². The van der Waals surface area contributed by atoms with Crippen molar-refractivity contribution in [3.8, 4) is 0 Å². The van der Waals surface area contributed by atoms with Gasteiger partial charge in [0.25, 0.3) is 11.5 Å². The lowest BCUT2D eigenvalue weighted by atomic mass is 10.0. The quantitative estimate of drug-likeness (QED) is 0.00525. The maximum atomic E-state index is 12.9. The number of phosphoric acid groups is 1. The monoisotopic (exact) mass is 1990 g/mol. The number of aromatic nitrogens is 4. The molecular formula is C66H107N8O59P. The van der Waals surface area contributed by atoms with Crippen LogP contribution < -0.4 is 27.2 Å². The van der Waals surface area contributed by atoms with E-state index in [2.05, 4.69) is 271 Å². The number of ether oxygens (including phenoxy) is 3. The van der Waals surface area contributed by atoms with Crippen molar-refractivity contribution in [3.63, 3.8) is 0 Å². The predicted octanol–water partition coefficient (Wildman–Crippen LogP) is 9.54. The smallest absolute Gasteiger partial charge is 0.472 e. The van der Waals surface area contributed by atoms with Gasteiger partial charge in [0.15, 0.2) is 17.3 Å². The summed E-state index contributed by atoms with van der Waals surface area (Å²) in [5.74, 6) is -3.98. The molecule has 67 nitrogen and oxygen atoms in total. The highest BCUT2D eigenvalue weighted by Crippen LogP contribution is 2.43. The van der Waals surface area contributed by atoms with Crippen molar-refractivity contribution in [2.75, 3.05) is 45.3 Å². The van der Waals surface area contributed by atoms with E-state index in [0.717, 1.165) is 63.1 Å². The summed E-state index contributed by atoms with van der Waals surface area (Å²) in [6.45, 7) is 1.64. The standard InChI is InChI=1S/C66H107N8O59P/c1-3-5-7-9-11-13-15-17-19-21-23-25-27-29-31-33-58(76)86-50-55(91-59(77)34-32-30-28-26-24-22-20-18-16-14-12-10-8-6-4-2)51-90-134(83,84)89-46-44-69-66(82)85-47-48-88-93-95-97-99-101-103-105-107-109-111-113-115-117-119-121-123-125-127-129-131-133-132-130-128-126-124-122-120-118-116-114-112-110-108-106-104-102-100-98-96-94-92-87-45-43-68-57(75)42-41-56(64(80)81)72-62(78)53-38-35-52(36-39-53)37-40-54-49-70-61-60(71-54)63(79)74-65(67)73-61/h35-36,38-39,43,45,49,55-56H,3-34,37,40-42,44,46-48,50-51H2,1-2H3,(H,68,75)(H,69,82)(H,72,78)(H,80,81)(H,83,84)(H3,67,70,73,74,79)/b45-43-. The van der Waals surface area contributed by atoms with E-state index in [4.69, 9.17) is 29.0 Å². The zero-order chi connectivity index (χ0) is 96.4. The van der Waals surface area contributed by atoms with Gasteiger partial charge in [-0.25, -0.2) is 29.0 Å². The Bertz CT molecular complexity index is 3510. The molecule has 0 aliphatic rings. The fraction of sp³-hybridized carbons (Fsp3) is 0.697. The normalized spacial score (nSPS) is 12.5. The van der Waals surface area contributed by atoms with Crippen molar-refractivity contribution in [3.05, 3.63) is 70.1 Å². The first kappa shape index (κ1) is 120. The minimum Gasteiger partial charge on any atom is -0.480 e. The molecule has 2 aromatic heterocycles. The van der Waals surface area contributed by atoms with E-state index in [1.807, 2.05) is 0 Å². The number of nitrogen functional groups attached to an aromatic ring is 1. The van der Waals surface area contributed by atoms with Crippen LogP contribution in [0.1, 0.15) is 254 Å². The third-order valence-electron chi connectivity index (χ3n) is 16.4. The minimum absolute atomic E-state index is 0.0329. The van der Waals surface area contributed by atoms with Gasteiger partial charge in [-0.2, -0.15) is 4.98 Å². The maximum Gasteiger partial charge on any atom is 0.472 e. The molecule has 8 N–H and O–H groups in total. The van der Waals surface area contributed by atoms with Gasteiger partial charge in [0.05, 0.1) is 25.1 Å². The number of amides is 3. The second-order valence-electron chi connectivity index (χ2n) is 26.1. The summed E-state index contributed by atoms with van der Waals surface area (Å²) in [6.07, 6.45) is 36.4. The molecule has 0 spiro atoms. The molecule has 3 atom stereocenters. The number of fused-ring (bicyclic) bond motifs is 1. The number of nitrogens with zero attached hydrogens (tertiary/aromatic N) is 3. The van der Waals surface area contributed by atoms with Gasteiger partial charge in [-0.05, 0) is 90.1 Å². The van der Waals surface area contributed by atoms with Gasteiger partial charge >= 0.3 is 31.8 Å². The van der Waals surface area contributed by atoms with Gasteiger partial charge in [-0.1, -0.05) is 206 Å². The number of H-pyrrole nitrogens is 1. The Labute approximate surface area is 755 Å². The third kappa shape index (κ3) is 74.0. The number of carbonyl (C=O) groups excluding carboxylic acids is 5. The molecule has 68 heteroatoms. The second-order valence-corrected chi connectivity index (χ2v) is 27.5. The Morgan fingerprint density at radius 3 is 1.27 bits per heavy atom. The predicted molar refractivity (Wildman–Crippen MR) is 395 cm³/mol. The molecule has 0 fully saturated rings. The summed E-state index contributed by atoms with van der Waals surface area (Å²) in [6, 6.07) is 4.82. The number of aromatic amines is 1. The Morgan fingerprint density at radius 1 is 0.455 bits per heavy atom. The molecule has 0 aliphatic heterocycles. The summed E-state index contributed by atoms with van der Waals surface area (Å²) >= 11 is 0. The van der Waals surface area contributed by atoms with Crippen LogP contribution in [0.15, 0.2) is 47.7 Å². The molecule has 134 heavy (non-hydrogen) atoms. The maximum absolute atomic E-state index is 12.9. The average Bonchev–Trinajstić information content (AvgIpc) is 0.810. The molecule has 0 saturated heterocycles. The topological polar surface area (TPSA) is 746 Å². The average molecular weight is 1990 g/mol. The van der Waals surface area contributed by atoms with Gasteiger partial charge in [-0.15, -0.1) is 0 Å². The number of nitrogens with two attached hydrogens (primary N) is 1. The number of unbranched alkanes of at least 4 members (excludes halogenated alkanes) is 28. The SMILES string of the molecule is CCCCCCCCCCCCCCCCCC(=O)OCC(COP(=O)(O)OCCNC(=O)OCCOOOOOOOOOOOOOOOOOOOOOOOOOOOOOOOOOOOOOOOOOOOO/C=C\NC(=O)CCC(NC(=O)c1ccc(CCc2cnc3nc(N)[nH]c(=O)c3n2)cc1)C(=O)O)OC(=O)CCCCCCCCCCCCCCCCC. The van der Waals surface area contributed by atoms with Gasteiger partial charge in [0.2, 0.25) is 11.9 Å². The van der Waals surface area contributed by atoms with E-state index >= 15 is 0 Å². The largest absolute Gasteiger partial charge is 0.480 e. The van der Waals surface area contributed by atoms with Crippen LogP contribution in [-0.2, 0) is 281 Å². The molecule has 0 radical (unpaired) electrons. The highest BCUT2D eigenvalue weighted by Gasteiger charge is 2.27. The van der Waals surface area contributed by atoms with Crippen LogP contribution >= 0.6 is 7.82 Å². The lowest BCUT2D eigenvalue weighted by Crippen LogP contribution is -2.41. The summed E-state index contributed by atoms with van der Waals surface area (Å²) in [7, 11) is -4.78. The Balaban J connectivity index is 0.999. The number of carboxylic acids is 1. The number of aliphatic carboxylic acids is 1. The zero-order valence-corrected chi connectivity index (χ0v) is 72.8. The first-order valence-electron chi connectivity index (χ1n) is 40.8. The first-order chi connectivity index (χ1) is 65.6. The van der Waals surface area contributed by atoms with E-state index in [9.17, 15) is 48.1 Å². The van der Waals surface area contributed by atoms with Crippen LogP contribution in [-0.4, -0.2) is 117 Å². The lowest BCUT2D eigenvalue weighted by Gasteiger charge is -2.20. The van der Waals surface area contributed by atoms with E-state index in [-0.39, 0.29) is 54.9 Å². The summed E-state index contributed by atoms with van der Waals surface area (Å²) in [5.41, 5.74) is 6.58. The molecule has 3 unspecified atom stereocenters. The number of benzene rings is 1. The van der Waals surface area contributed by atoms with Crippen LogP contribution in [0, 0.1) is 0 Å². The number of nitrogens with one attached hydrogen (secondary N) is 4. The van der Waals surface area contributed by atoms with Gasteiger partial charge in [-0.3, -0.25) is 38.0 Å². The number of esters is 2. The minimum atomic E-state index is -4.78. The van der Waals surface area contributed by atoms with Crippen molar-refractivity contribution in [2.45, 2.75) is 257 Å².